The molecule has 1 N–H and O–H groups in total. The molecule has 0 atom stereocenters. The predicted molar refractivity (Wildman–Crippen MR) is 98.0 cm³/mol. The van der Waals surface area contributed by atoms with E-state index in [4.69, 9.17) is 27.9 Å². The van der Waals surface area contributed by atoms with E-state index < -0.39 is 5.97 Å². The van der Waals surface area contributed by atoms with Gasteiger partial charge in [-0.2, -0.15) is 0 Å². The zero-order chi connectivity index (χ0) is 18.4. The molecule has 6 nitrogen and oxygen atoms in total. The number of nitrogens with zero attached hydrogens (tertiary/aromatic N) is 1. The quantitative estimate of drug-likeness (QED) is 0.550. The summed E-state index contributed by atoms with van der Waals surface area (Å²) in [7, 11) is 1.30. The van der Waals surface area contributed by atoms with Crippen molar-refractivity contribution >= 4 is 51.5 Å². The lowest BCUT2D eigenvalue weighted by atomic mass is 10.3. The monoisotopic (exact) mass is 402 g/mol. The van der Waals surface area contributed by atoms with Crippen LogP contribution in [0.4, 0.5) is 5.13 Å². The minimum Gasteiger partial charge on any atom is -0.492 e. The van der Waals surface area contributed by atoms with Gasteiger partial charge in [0.1, 0.15) is 10.6 Å². The van der Waals surface area contributed by atoms with E-state index in [1.165, 1.54) is 7.11 Å². The Morgan fingerprint density at radius 1 is 1.32 bits per heavy atom. The third kappa shape index (κ3) is 5.59. The lowest BCUT2D eigenvalue weighted by Gasteiger charge is -2.08. The van der Waals surface area contributed by atoms with Gasteiger partial charge in [-0.15, -0.1) is 0 Å². The van der Waals surface area contributed by atoms with Crippen LogP contribution in [0.1, 0.15) is 28.2 Å². The number of halogens is 2. The fourth-order valence-corrected chi connectivity index (χ4v) is 3.28. The molecule has 0 spiro atoms. The predicted octanol–water partition coefficient (Wildman–Crippen LogP) is 4.34. The summed E-state index contributed by atoms with van der Waals surface area (Å²) in [6.45, 7) is 2.02. The highest BCUT2D eigenvalue weighted by atomic mass is 35.5. The van der Waals surface area contributed by atoms with Crippen LogP contribution in [0.2, 0.25) is 10.0 Å². The van der Waals surface area contributed by atoms with Crippen molar-refractivity contribution in [1.29, 1.82) is 0 Å². The van der Waals surface area contributed by atoms with Crippen LogP contribution in [0.3, 0.4) is 0 Å². The number of esters is 1. The maximum absolute atomic E-state index is 11.9. The van der Waals surface area contributed by atoms with Gasteiger partial charge in [0.2, 0.25) is 5.91 Å². The van der Waals surface area contributed by atoms with Crippen LogP contribution in [0, 0.1) is 6.92 Å². The molecule has 0 aliphatic carbocycles. The summed E-state index contributed by atoms with van der Waals surface area (Å²) in [5.41, 5.74) is 0.521. The number of anilines is 1. The van der Waals surface area contributed by atoms with E-state index in [1.807, 2.05) is 0 Å². The second-order valence-corrected chi connectivity index (χ2v) is 6.84. The molecule has 1 amide bonds. The molecule has 0 saturated carbocycles. The van der Waals surface area contributed by atoms with Crippen molar-refractivity contribution < 1.29 is 19.1 Å². The average molecular weight is 403 g/mol. The first-order chi connectivity index (χ1) is 11.9. The van der Waals surface area contributed by atoms with E-state index in [9.17, 15) is 9.59 Å². The van der Waals surface area contributed by atoms with Crippen molar-refractivity contribution in [2.45, 2.75) is 19.8 Å². The molecule has 1 aromatic carbocycles. The Balaban J connectivity index is 1.78. The minimum atomic E-state index is -0.469. The van der Waals surface area contributed by atoms with Gasteiger partial charge in [0, 0.05) is 11.4 Å². The molecule has 2 aromatic rings. The van der Waals surface area contributed by atoms with E-state index in [0.29, 0.717) is 44.5 Å². The molecule has 2 rings (SSSR count). The van der Waals surface area contributed by atoms with Gasteiger partial charge in [-0.1, -0.05) is 34.5 Å². The molecule has 0 bridgehead atoms. The Bertz CT molecular complexity index is 779. The van der Waals surface area contributed by atoms with E-state index in [1.54, 1.807) is 25.1 Å². The van der Waals surface area contributed by atoms with Crippen LogP contribution < -0.4 is 10.1 Å². The van der Waals surface area contributed by atoms with E-state index >= 15 is 0 Å². The Labute approximate surface area is 159 Å². The van der Waals surface area contributed by atoms with Crippen molar-refractivity contribution in [1.82, 2.24) is 4.98 Å². The fraction of sp³-hybridized carbons (Fsp3) is 0.312. The van der Waals surface area contributed by atoms with E-state index in [2.05, 4.69) is 15.0 Å². The topological polar surface area (TPSA) is 77.5 Å². The van der Waals surface area contributed by atoms with Crippen molar-refractivity contribution in [2.75, 3.05) is 19.0 Å². The summed E-state index contributed by atoms with van der Waals surface area (Å²) in [4.78, 5) is 28.0. The molecule has 0 aliphatic heterocycles. The average Bonchev–Trinajstić information content (AvgIpc) is 2.92. The van der Waals surface area contributed by atoms with Gasteiger partial charge < -0.3 is 14.8 Å². The number of carbonyl (C=O) groups excluding carboxylic acids is 2. The third-order valence-corrected chi connectivity index (χ3v) is 4.70. The largest absolute Gasteiger partial charge is 0.492 e. The Morgan fingerprint density at radius 3 is 2.76 bits per heavy atom. The molecule has 0 unspecified atom stereocenters. The highest BCUT2D eigenvalue weighted by Gasteiger charge is 2.16. The number of hydrogen-bond donors (Lipinski definition) is 1. The van der Waals surface area contributed by atoms with Crippen molar-refractivity contribution in [3.05, 3.63) is 38.8 Å². The second kappa shape index (κ2) is 9.03. The van der Waals surface area contributed by atoms with E-state index in [-0.39, 0.29) is 12.3 Å². The van der Waals surface area contributed by atoms with Crippen LogP contribution in [0.25, 0.3) is 0 Å². The van der Waals surface area contributed by atoms with Crippen molar-refractivity contribution in [3.8, 4) is 5.75 Å². The number of hydrogen-bond acceptors (Lipinski definition) is 6. The van der Waals surface area contributed by atoms with Gasteiger partial charge in [0.25, 0.3) is 0 Å². The lowest BCUT2D eigenvalue weighted by Crippen LogP contribution is -2.12. The summed E-state index contributed by atoms with van der Waals surface area (Å²) < 4.78 is 10.2. The highest BCUT2D eigenvalue weighted by Crippen LogP contribution is 2.27. The summed E-state index contributed by atoms with van der Waals surface area (Å²) >= 11 is 12.9. The van der Waals surface area contributed by atoms with Crippen LogP contribution in [-0.2, 0) is 9.53 Å². The number of methoxy groups -OCH3 is 1. The fourth-order valence-electron chi connectivity index (χ4n) is 1.92. The molecule has 1 aromatic heterocycles. The summed E-state index contributed by atoms with van der Waals surface area (Å²) in [5.74, 6) is -0.163. The van der Waals surface area contributed by atoms with Gasteiger partial charge >= 0.3 is 5.97 Å². The number of carbonyl (C=O) groups is 2. The van der Waals surface area contributed by atoms with Gasteiger partial charge in [0.15, 0.2) is 5.13 Å². The zero-order valence-corrected chi connectivity index (χ0v) is 15.9. The smallest absolute Gasteiger partial charge is 0.350 e. The van der Waals surface area contributed by atoms with Crippen LogP contribution in [0.15, 0.2) is 18.2 Å². The number of aryl methyl sites for hydroxylation is 1. The van der Waals surface area contributed by atoms with Gasteiger partial charge in [-0.3, -0.25) is 4.79 Å². The maximum atomic E-state index is 11.9. The molecule has 0 fully saturated rings. The van der Waals surface area contributed by atoms with Crippen LogP contribution in [-0.4, -0.2) is 30.6 Å². The second-order valence-electron chi connectivity index (χ2n) is 5.00. The zero-order valence-electron chi connectivity index (χ0n) is 13.6. The van der Waals surface area contributed by atoms with Gasteiger partial charge in [-0.05, 0) is 31.5 Å². The number of ether oxygens (including phenoxy) is 2. The number of nitrogens with one attached hydrogen (secondary N) is 1. The molecule has 0 aliphatic rings. The number of rotatable bonds is 7. The standard InChI is InChI=1S/C16H16Cl2N2O4S/c1-9-14(15(22)23-2)25-16(19-9)20-13(21)4-3-7-24-12-6-5-10(17)8-11(12)18/h5-6,8H,3-4,7H2,1-2H3,(H,19,20,21). The molecular formula is C16H16Cl2N2O4S. The van der Waals surface area contributed by atoms with Crippen LogP contribution in [0.5, 0.6) is 5.75 Å². The first-order valence-corrected chi connectivity index (χ1v) is 8.91. The molecule has 0 radical (unpaired) electrons. The first-order valence-electron chi connectivity index (χ1n) is 7.34. The summed E-state index contributed by atoms with van der Waals surface area (Å²) in [5, 5.41) is 3.98. The van der Waals surface area contributed by atoms with Crippen molar-refractivity contribution in [3.63, 3.8) is 0 Å². The molecular weight excluding hydrogens is 387 g/mol. The Morgan fingerprint density at radius 2 is 2.08 bits per heavy atom. The Hall–Kier alpha value is -1.83. The maximum Gasteiger partial charge on any atom is 0.350 e. The number of aromatic nitrogens is 1. The number of benzene rings is 1. The van der Waals surface area contributed by atoms with Crippen LogP contribution >= 0.6 is 34.5 Å². The van der Waals surface area contributed by atoms with Gasteiger partial charge in [0.05, 0.1) is 24.4 Å². The molecule has 25 heavy (non-hydrogen) atoms. The van der Waals surface area contributed by atoms with Crippen molar-refractivity contribution in [2.24, 2.45) is 0 Å². The Kier molecular flexibility index (Phi) is 7.04. The minimum absolute atomic E-state index is 0.212. The molecule has 134 valence electrons. The number of thiazole rings is 1. The lowest BCUT2D eigenvalue weighted by molar-refractivity contribution is -0.116. The summed E-state index contributed by atoms with van der Waals surface area (Å²) in [6.07, 6.45) is 0.746. The van der Waals surface area contributed by atoms with Gasteiger partial charge in [-0.25, -0.2) is 9.78 Å². The first kappa shape index (κ1) is 19.5. The third-order valence-electron chi connectivity index (χ3n) is 3.11. The molecule has 1 heterocycles. The highest BCUT2D eigenvalue weighted by molar-refractivity contribution is 7.17. The normalized spacial score (nSPS) is 10.4. The molecule has 0 saturated heterocycles. The van der Waals surface area contributed by atoms with E-state index in [0.717, 1.165) is 11.3 Å². The summed E-state index contributed by atoms with van der Waals surface area (Å²) in [6, 6.07) is 4.95. The number of amides is 1. The molecule has 9 heteroatoms. The SMILES string of the molecule is COC(=O)c1sc(NC(=O)CCCOc2ccc(Cl)cc2Cl)nc1C.